The number of benzene rings is 2. The molecule has 2 aromatic carbocycles. The van der Waals surface area contributed by atoms with Crippen LogP contribution in [0.5, 0.6) is 11.5 Å². The molecule has 0 bridgehead atoms. The van der Waals surface area contributed by atoms with E-state index in [1.54, 1.807) is 0 Å². The van der Waals surface area contributed by atoms with Crippen LogP contribution in [0.25, 0.3) is 0 Å². The lowest BCUT2D eigenvalue weighted by Gasteiger charge is -2.21. The number of carbonyl (C=O) groups excluding carboxylic acids is 1. The zero-order valence-corrected chi connectivity index (χ0v) is 12.7. The number of nitrogens with zero attached hydrogens (tertiary/aromatic N) is 1. The molecule has 1 amide bonds. The monoisotopic (exact) mass is 300 g/mol. The predicted molar refractivity (Wildman–Crippen MR) is 87.7 cm³/mol. The van der Waals surface area contributed by atoms with Gasteiger partial charge in [-0.3, -0.25) is 4.79 Å². The molecule has 0 radical (unpaired) electrons. The van der Waals surface area contributed by atoms with Crippen molar-refractivity contribution in [1.29, 1.82) is 0 Å². The highest BCUT2D eigenvalue weighted by Crippen LogP contribution is 2.25. The third kappa shape index (κ3) is 3.49. The van der Waals surface area contributed by atoms with Crippen LogP contribution in [0.15, 0.2) is 42.5 Å². The van der Waals surface area contributed by atoms with Gasteiger partial charge in [0.25, 0.3) is 5.91 Å². The second kappa shape index (κ2) is 6.85. The van der Waals surface area contributed by atoms with Crippen LogP contribution < -0.4 is 10.2 Å². The van der Waals surface area contributed by atoms with E-state index in [9.17, 15) is 15.0 Å². The standard InChI is InChI=1S/C17H20N2O3/c1-3-19(4-2)14-8-6-13(7-9-14)18-17(22)12-5-10-15(20)16(21)11-12/h5-11,20-21H,3-4H2,1-2H3,(H,18,22). The number of anilines is 2. The van der Waals surface area contributed by atoms with Gasteiger partial charge in [-0.2, -0.15) is 0 Å². The van der Waals surface area contributed by atoms with Gasteiger partial charge in [0, 0.05) is 30.0 Å². The lowest BCUT2D eigenvalue weighted by molar-refractivity contribution is 0.102. The van der Waals surface area contributed by atoms with Crippen molar-refractivity contribution < 1.29 is 15.0 Å². The van der Waals surface area contributed by atoms with Crippen LogP contribution in [0.4, 0.5) is 11.4 Å². The minimum absolute atomic E-state index is 0.250. The van der Waals surface area contributed by atoms with Crippen molar-refractivity contribution >= 4 is 17.3 Å². The molecule has 5 heteroatoms. The molecule has 22 heavy (non-hydrogen) atoms. The summed E-state index contributed by atoms with van der Waals surface area (Å²) in [5.74, 6) is -0.907. The van der Waals surface area contributed by atoms with Crippen LogP contribution >= 0.6 is 0 Å². The second-order valence-corrected chi connectivity index (χ2v) is 4.88. The van der Waals surface area contributed by atoms with E-state index >= 15 is 0 Å². The fourth-order valence-electron chi connectivity index (χ4n) is 2.21. The van der Waals surface area contributed by atoms with Crippen molar-refractivity contribution in [1.82, 2.24) is 0 Å². The van der Waals surface area contributed by atoms with Crippen LogP contribution in [0.2, 0.25) is 0 Å². The van der Waals surface area contributed by atoms with Gasteiger partial charge in [0.1, 0.15) is 0 Å². The van der Waals surface area contributed by atoms with Crippen molar-refractivity contribution in [2.24, 2.45) is 0 Å². The smallest absolute Gasteiger partial charge is 0.255 e. The Kier molecular flexibility index (Phi) is 4.88. The van der Waals surface area contributed by atoms with Gasteiger partial charge in [0.2, 0.25) is 0 Å². The van der Waals surface area contributed by atoms with Crippen molar-refractivity contribution in [2.75, 3.05) is 23.3 Å². The molecule has 0 heterocycles. The highest BCUT2D eigenvalue weighted by Gasteiger charge is 2.09. The maximum atomic E-state index is 12.1. The Morgan fingerprint density at radius 3 is 2.18 bits per heavy atom. The average Bonchev–Trinajstić information content (AvgIpc) is 2.52. The number of hydrogen-bond acceptors (Lipinski definition) is 4. The van der Waals surface area contributed by atoms with E-state index in [2.05, 4.69) is 24.1 Å². The summed E-state index contributed by atoms with van der Waals surface area (Å²) in [5, 5.41) is 21.4. The number of carbonyl (C=O) groups is 1. The summed E-state index contributed by atoms with van der Waals surface area (Å²) in [6, 6.07) is 11.6. The summed E-state index contributed by atoms with van der Waals surface area (Å²) < 4.78 is 0. The second-order valence-electron chi connectivity index (χ2n) is 4.88. The Bertz CT molecular complexity index is 649. The fourth-order valence-corrected chi connectivity index (χ4v) is 2.21. The van der Waals surface area contributed by atoms with E-state index in [-0.39, 0.29) is 23.0 Å². The van der Waals surface area contributed by atoms with Gasteiger partial charge in [0.15, 0.2) is 11.5 Å². The van der Waals surface area contributed by atoms with E-state index in [0.717, 1.165) is 18.8 Å². The first-order valence-corrected chi connectivity index (χ1v) is 7.23. The Balaban J connectivity index is 2.10. The first-order chi connectivity index (χ1) is 10.5. The molecule has 0 unspecified atom stereocenters. The Labute approximate surface area is 129 Å². The van der Waals surface area contributed by atoms with Crippen LogP contribution in [0, 0.1) is 0 Å². The Hall–Kier alpha value is -2.69. The molecule has 0 saturated carbocycles. The molecule has 2 aromatic rings. The van der Waals surface area contributed by atoms with Gasteiger partial charge in [0.05, 0.1) is 0 Å². The minimum atomic E-state index is -0.342. The minimum Gasteiger partial charge on any atom is -0.504 e. The number of phenols is 2. The first kappa shape index (κ1) is 15.7. The molecular weight excluding hydrogens is 280 g/mol. The lowest BCUT2D eigenvalue weighted by Crippen LogP contribution is -2.21. The maximum Gasteiger partial charge on any atom is 0.255 e. The number of phenolic OH excluding ortho intramolecular Hbond substituents is 2. The third-order valence-corrected chi connectivity index (χ3v) is 3.49. The highest BCUT2D eigenvalue weighted by molar-refractivity contribution is 6.04. The summed E-state index contributed by atoms with van der Waals surface area (Å²) in [7, 11) is 0. The van der Waals surface area contributed by atoms with Gasteiger partial charge in [-0.1, -0.05) is 0 Å². The molecule has 0 aliphatic rings. The van der Waals surface area contributed by atoms with Gasteiger partial charge in [-0.15, -0.1) is 0 Å². The van der Waals surface area contributed by atoms with Crippen LogP contribution in [0.1, 0.15) is 24.2 Å². The number of rotatable bonds is 5. The molecular formula is C17H20N2O3. The van der Waals surface area contributed by atoms with Crippen molar-refractivity contribution in [2.45, 2.75) is 13.8 Å². The van der Waals surface area contributed by atoms with Gasteiger partial charge in [-0.05, 0) is 56.3 Å². The molecule has 0 aliphatic carbocycles. The molecule has 0 aliphatic heterocycles. The van der Waals surface area contributed by atoms with Gasteiger partial charge in [-0.25, -0.2) is 0 Å². The van der Waals surface area contributed by atoms with E-state index in [1.807, 2.05) is 24.3 Å². The fraction of sp³-hybridized carbons (Fsp3) is 0.235. The summed E-state index contributed by atoms with van der Waals surface area (Å²) in [5.41, 5.74) is 2.06. The van der Waals surface area contributed by atoms with Crippen LogP contribution in [-0.4, -0.2) is 29.2 Å². The number of hydrogen-bond donors (Lipinski definition) is 3. The first-order valence-electron chi connectivity index (χ1n) is 7.23. The Morgan fingerprint density at radius 1 is 1.00 bits per heavy atom. The SMILES string of the molecule is CCN(CC)c1ccc(NC(=O)c2ccc(O)c(O)c2)cc1. The van der Waals surface area contributed by atoms with Gasteiger partial charge < -0.3 is 20.4 Å². The zero-order valence-electron chi connectivity index (χ0n) is 12.7. The number of amides is 1. The van der Waals surface area contributed by atoms with E-state index in [1.165, 1.54) is 18.2 Å². The maximum absolute atomic E-state index is 12.1. The molecule has 2 rings (SSSR count). The molecule has 0 atom stereocenters. The van der Waals surface area contributed by atoms with Crippen molar-refractivity contribution in [3.05, 3.63) is 48.0 Å². The van der Waals surface area contributed by atoms with Crippen molar-refractivity contribution in [3.63, 3.8) is 0 Å². The molecule has 3 N–H and O–H groups in total. The summed E-state index contributed by atoms with van der Waals surface area (Å²) in [6.07, 6.45) is 0. The molecule has 0 saturated heterocycles. The topological polar surface area (TPSA) is 72.8 Å². The average molecular weight is 300 g/mol. The van der Waals surface area contributed by atoms with E-state index < -0.39 is 0 Å². The number of aromatic hydroxyl groups is 2. The quantitative estimate of drug-likeness (QED) is 0.741. The lowest BCUT2D eigenvalue weighted by atomic mass is 10.2. The molecule has 0 aromatic heterocycles. The zero-order chi connectivity index (χ0) is 16.1. The molecule has 5 nitrogen and oxygen atoms in total. The summed E-state index contributed by atoms with van der Waals surface area (Å²) >= 11 is 0. The largest absolute Gasteiger partial charge is 0.504 e. The van der Waals surface area contributed by atoms with Crippen LogP contribution in [-0.2, 0) is 0 Å². The molecule has 0 fully saturated rings. The van der Waals surface area contributed by atoms with Crippen LogP contribution in [0.3, 0.4) is 0 Å². The van der Waals surface area contributed by atoms with Crippen molar-refractivity contribution in [3.8, 4) is 11.5 Å². The summed E-state index contributed by atoms with van der Waals surface area (Å²) in [6.45, 7) is 6.04. The highest BCUT2D eigenvalue weighted by atomic mass is 16.3. The third-order valence-electron chi connectivity index (χ3n) is 3.49. The number of nitrogens with one attached hydrogen (secondary N) is 1. The molecule has 116 valence electrons. The van der Waals surface area contributed by atoms with E-state index in [0.29, 0.717) is 5.69 Å². The van der Waals surface area contributed by atoms with Gasteiger partial charge >= 0.3 is 0 Å². The Morgan fingerprint density at radius 2 is 1.64 bits per heavy atom. The predicted octanol–water partition coefficient (Wildman–Crippen LogP) is 3.20. The summed E-state index contributed by atoms with van der Waals surface area (Å²) in [4.78, 5) is 14.3. The normalized spacial score (nSPS) is 10.3. The molecule has 0 spiro atoms. The van der Waals surface area contributed by atoms with E-state index in [4.69, 9.17) is 0 Å².